The van der Waals surface area contributed by atoms with Gasteiger partial charge < -0.3 is 19.4 Å². The van der Waals surface area contributed by atoms with Gasteiger partial charge >= 0.3 is 6.03 Å². The molecule has 2 aromatic rings. The molecule has 132 valence electrons. The molecule has 25 heavy (non-hydrogen) atoms. The SMILES string of the molecule is COCc1ccc([C@H]2CCCN2C(=O)Nc2cnc(C3CC3)nc2)o1. The lowest BCUT2D eigenvalue weighted by atomic mass is 10.2. The fourth-order valence-electron chi connectivity index (χ4n) is 3.25. The Morgan fingerprint density at radius 2 is 2.12 bits per heavy atom. The summed E-state index contributed by atoms with van der Waals surface area (Å²) in [4.78, 5) is 23.2. The molecule has 1 saturated carbocycles. The van der Waals surface area contributed by atoms with E-state index in [0.29, 0.717) is 24.8 Å². The van der Waals surface area contributed by atoms with E-state index in [2.05, 4.69) is 15.3 Å². The molecule has 7 heteroatoms. The molecular formula is C18H22N4O3. The van der Waals surface area contributed by atoms with Gasteiger partial charge in [-0.2, -0.15) is 0 Å². The summed E-state index contributed by atoms with van der Waals surface area (Å²) >= 11 is 0. The molecule has 2 aliphatic rings. The van der Waals surface area contributed by atoms with Gasteiger partial charge in [0, 0.05) is 19.6 Å². The molecule has 1 aliphatic heterocycles. The molecule has 2 amide bonds. The van der Waals surface area contributed by atoms with E-state index in [-0.39, 0.29) is 12.1 Å². The lowest BCUT2D eigenvalue weighted by Crippen LogP contribution is -2.34. The van der Waals surface area contributed by atoms with Gasteiger partial charge in [-0.25, -0.2) is 14.8 Å². The second-order valence-electron chi connectivity index (χ2n) is 6.62. The zero-order valence-electron chi connectivity index (χ0n) is 14.3. The van der Waals surface area contributed by atoms with Crippen LogP contribution in [0.1, 0.15) is 55.0 Å². The van der Waals surface area contributed by atoms with Crippen molar-refractivity contribution in [2.45, 2.75) is 44.2 Å². The van der Waals surface area contributed by atoms with Crippen LogP contribution in [0, 0.1) is 0 Å². The predicted octanol–water partition coefficient (Wildman–Crippen LogP) is 3.46. The van der Waals surface area contributed by atoms with Crippen molar-refractivity contribution in [1.82, 2.24) is 14.9 Å². The number of carbonyl (C=O) groups is 1. The minimum Gasteiger partial charge on any atom is -0.461 e. The van der Waals surface area contributed by atoms with Gasteiger partial charge in [0.15, 0.2) is 0 Å². The van der Waals surface area contributed by atoms with Crippen molar-refractivity contribution in [3.8, 4) is 0 Å². The number of hydrogen-bond acceptors (Lipinski definition) is 5. The molecule has 0 spiro atoms. The van der Waals surface area contributed by atoms with Crippen LogP contribution < -0.4 is 5.32 Å². The molecule has 0 unspecified atom stereocenters. The van der Waals surface area contributed by atoms with Crippen LogP contribution in [0.5, 0.6) is 0 Å². The Bertz CT molecular complexity index is 739. The number of urea groups is 1. The van der Waals surface area contributed by atoms with Gasteiger partial charge in [-0.1, -0.05) is 0 Å². The minimum atomic E-state index is -0.144. The lowest BCUT2D eigenvalue weighted by molar-refractivity contribution is 0.157. The Balaban J connectivity index is 1.42. The maximum atomic E-state index is 12.7. The summed E-state index contributed by atoms with van der Waals surface area (Å²) in [6.07, 6.45) is 7.55. The Labute approximate surface area is 146 Å². The third-order valence-corrected chi connectivity index (χ3v) is 4.68. The van der Waals surface area contributed by atoms with Crippen molar-refractivity contribution in [2.75, 3.05) is 19.0 Å². The van der Waals surface area contributed by atoms with Crippen LogP contribution in [0.2, 0.25) is 0 Å². The van der Waals surface area contributed by atoms with E-state index < -0.39 is 0 Å². The first-order chi connectivity index (χ1) is 12.2. The number of hydrogen-bond donors (Lipinski definition) is 1. The Hall–Kier alpha value is -2.41. The molecule has 0 bridgehead atoms. The number of anilines is 1. The number of likely N-dealkylation sites (tertiary alicyclic amines) is 1. The molecule has 2 aromatic heterocycles. The van der Waals surface area contributed by atoms with E-state index in [0.717, 1.165) is 43.0 Å². The van der Waals surface area contributed by atoms with Gasteiger partial charge in [-0.05, 0) is 37.8 Å². The first-order valence-corrected chi connectivity index (χ1v) is 8.71. The number of aromatic nitrogens is 2. The first-order valence-electron chi connectivity index (χ1n) is 8.71. The van der Waals surface area contributed by atoms with Crippen LogP contribution >= 0.6 is 0 Å². The molecule has 3 heterocycles. The molecule has 1 N–H and O–H groups in total. The van der Waals surface area contributed by atoms with E-state index in [1.54, 1.807) is 19.5 Å². The van der Waals surface area contributed by atoms with E-state index in [9.17, 15) is 4.79 Å². The molecule has 4 rings (SSSR count). The number of nitrogens with one attached hydrogen (secondary N) is 1. The highest BCUT2D eigenvalue weighted by atomic mass is 16.5. The summed E-state index contributed by atoms with van der Waals surface area (Å²) in [6.45, 7) is 1.14. The maximum Gasteiger partial charge on any atom is 0.322 e. The molecule has 1 aliphatic carbocycles. The smallest absolute Gasteiger partial charge is 0.322 e. The van der Waals surface area contributed by atoms with Crippen molar-refractivity contribution < 1.29 is 13.9 Å². The normalized spacial score (nSPS) is 20.0. The maximum absolute atomic E-state index is 12.7. The Morgan fingerprint density at radius 3 is 2.84 bits per heavy atom. The molecule has 1 saturated heterocycles. The third kappa shape index (κ3) is 3.51. The zero-order valence-corrected chi connectivity index (χ0v) is 14.3. The van der Waals surface area contributed by atoms with Crippen molar-refractivity contribution in [2.24, 2.45) is 0 Å². The van der Waals surface area contributed by atoms with Gasteiger partial charge in [0.1, 0.15) is 24.0 Å². The van der Waals surface area contributed by atoms with Crippen molar-refractivity contribution >= 4 is 11.7 Å². The number of nitrogens with zero attached hydrogens (tertiary/aromatic N) is 3. The average Bonchev–Trinajstić information content (AvgIpc) is 3.16. The van der Waals surface area contributed by atoms with Crippen LogP contribution in [0.15, 0.2) is 28.9 Å². The third-order valence-electron chi connectivity index (χ3n) is 4.68. The standard InChI is InChI=1S/C18H22N4O3/c1-24-11-14-6-7-16(25-14)15-3-2-8-22(15)18(23)21-13-9-19-17(20-10-13)12-4-5-12/h6-7,9-10,12,15H,2-5,8,11H2,1H3,(H,21,23)/t15-/m1/s1. The molecule has 0 radical (unpaired) electrons. The number of carbonyl (C=O) groups excluding carboxylic acids is 1. The van der Waals surface area contributed by atoms with Crippen molar-refractivity contribution in [3.63, 3.8) is 0 Å². The number of furan rings is 1. The van der Waals surface area contributed by atoms with Crippen LogP contribution in [-0.4, -0.2) is 34.6 Å². The van der Waals surface area contributed by atoms with Crippen LogP contribution in [-0.2, 0) is 11.3 Å². The topological polar surface area (TPSA) is 80.5 Å². The number of methoxy groups -OCH3 is 1. The van der Waals surface area contributed by atoms with Crippen molar-refractivity contribution in [3.05, 3.63) is 41.9 Å². The van der Waals surface area contributed by atoms with Crippen LogP contribution in [0.4, 0.5) is 10.5 Å². The molecule has 2 fully saturated rings. The van der Waals surface area contributed by atoms with Gasteiger partial charge in [0.2, 0.25) is 0 Å². The van der Waals surface area contributed by atoms with Gasteiger partial charge in [-0.3, -0.25) is 0 Å². The lowest BCUT2D eigenvalue weighted by Gasteiger charge is -2.23. The number of rotatable bonds is 5. The molecule has 7 nitrogen and oxygen atoms in total. The van der Waals surface area contributed by atoms with Gasteiger partial charge in [0.05, 0.1) is 24.1 Å². The van der Waals surface area contributed by atoms with Gasteiger partial charge in [0.25, 0.3) is 0 Å². The average molecular weight is 342 g/mol. The summed E-state index contributed by atoms with van der Waals surface area (Å²) < 4.78 is 10.9. The summed E-state index contributed by atoms with van der Waals surface area (Å²) in [5.74, 6) is 2.96. The van der Waals surface area contributed by atoms with Crippen LogP contribution in [0.3, 0.4) is 0 Å². The van der Waals surface area contributed by atoms with E-state index >= 15 is 0 Å². The molecular weight excluding hydrogens is 320 g/mol. The quantitative estimate of drug-likeness (QED) is 0.900. The summed E-state index contributed by atoms with van der Waals surface area (Å²) in [7, 11) is 1.63. The van der Waals surface area contributed by atoms with E-state index in [1.807, 2.05) is 17.0 Å². The number of amides is 2. The highest BCUT2D eigenvalue weighted by molar-refractivity contribution is 5.89. The van der Waals surface area contributed by atoms with E-state index in [4.69, 9.17) is 9.15 Å². The highest BCUT2D eigenvalue weighted by Crippen LogP contribution is 2.38. The monoisotopic (exact) mass is 342 g/mol. The minimum absolute atomic E-state index is 0.0442. The number of ether oxygens (including phenoxy) is 1. The van der Waals surface area contributed by atoms with Gasteiger partial charge in [-0.15, -0.1) is 0 Å². The largest absolute Gasteiger partial charge is 0.461 e. The second kappa shape index (κ2) is 6.84. The second-order valence-corrected chi connectivity index (χ2v) is 6.62. The zero-order chi connectivity index (χ0) is 17.2. The van der Waals surface area contributed by atoms with Crippen LogP contribution in [0.25, 0.3) is 0 Å². The fourth-order valence-corrected chi connectivity index (χ4v) is 3.25. The highest BCUT2D eigenvalue weighted by Gasteiger charge is 2.32. The summed E-state index contributed by atoms with van der Waals surface area (Å²) in [5, 5.41) is 2.90. The Morgan fingerprint density at radius 1 is 1.32 bits per heavy atom. The first kappa shape index (κ1) is 16.1. The van der Waals surface area contributed by atoms with E-state index in [1.165, 1.54) is 0 Å². The fraction of sp³-hybridized carbons (Fsp3) is 0.500. The summed E-state index contributed by atoms with van der Waals surface area (Å²) in [5.41, 5.74) is 0.625. The molecule has 0 aromatic carbocycles. The Kier molecular flexibility index (Phi) is 4.40. The van der Waals surface area contributed by atoms with Crippen molar-refractivity contribution in [1.29, 1.82) is 0 Å². The molecule has 1 atom stereocenters. The predicted molar refractivity (Wildman–Crippen MR) is 91.1 cm³/mol. The summed E-state index contributed by atoms with van der Waals surface area (Å²) in [6, 6.07) is 3.64.